The number of benzene rings is 2. The predicted molar refractivity (Wildman–Crippen MR) is 121 cm³/mol. The number of thiophene rings is 1. The summed E-state index contributed by atoms with van der Waals surface area (Å²) in [6.45, 7) is 4.12. The number of hydrogen-bond acceptors (Lipinski definition) is 4. The highest BCUT2D eigenvalue weighted by molar-refractivity contribution is 7.80. The molecule has 0 saturated carbocycles. The fourth-order valence-corrected chi connectivity index (χ4v) is 4.13. The van der Waals surface area contributed by atoms with Crippen molar-refractivity contribution in [2.45, 2.75) is 20.3 Å². The van der Waals surface area contributed by atoms with Gasteiger partial charge in [-0.25, -0.2) is 4.79 Å². The molecule has 4 nitrogen and oxygen atoms in total. The maximum absolute atomic E-state index is 12.2. The van der Waals surface area contributed by atoms with E-state index in [1.165, 1.54) is 35.1 Å². The van der Waals surface area contributed by atoms with E-state index >= 15 is 0 Å². The Labute approximate surface area is 174 Å². The lowest BCUT2D eigenvalue weighted by Gasteiger charge is -2.11. The Hall–Kier alpha value is -2.70. The van der Waals surface area contributed by atoms with Crippen molar-refractivity contribution in [2.24, 2.45) is 0 Å². The minimum Gasteiger partial charge on any atom is -0.465 e. The third-order valence-corrected chi connectivity index (χ3v) is 5.66. The fraction of sp³-hybridized carbons (Fsp3) is 0.182. The van der Waals surface area contributed by atoms with Gasteiger partial charge in [0.15, 0.2) is 5.11 Å². The van der Waals surface area contributed by atoms with Gasteiger partial charge in [0.1, 0.15) is 5.00 Å². The van der Waals surface area contributed by atoms with Crippen LogP contribution in [0.3, 0.4) is 0 Å². The molecular formula is C22H22N2O2S2. The number of anilines is 2. The Morgan fingerprint density at radius 3 is 2.46 bits per heavy atom. The van der Waals surface area contributed by atoms with Gasteiger partial charge in [-0.1, -0.05) is 36.4 Å². The lowest BCUT2D eigenvalue weighted by Crippen LogP contribution is -2.20. The molecule has 6 heteroatoms. The topological polar surface area (TPSA) is 50.4 Å². The average Bonchev–Trinajstić information content (AvgIpc) is 3.06. The number of esters is 1. The molecule has 0 saturated heterocycles. The van der Waals surface area contributed by atoms with Crippen LogP contribution in [0, 0.1) is 13.8 Å². The molecule has 1 aromatic heterocycles. The van der Waals surface area contributed by atoms with Crippen molar-refractivity contribution < 1.29 is 9.53 Å². The van der Waals surface area contributed by atoms with Gasteiger partial charge in [-0.3, -0.25) is 0 Å². The molecule has 2 aromatic carbocycles. The van der Waals surface area contributed by atoms with E-state index in [1.54, 1.807) is 0 Å². The zero-order chi connectivity index (χ0) is 20.1. The maximum atomic E-state index is 12.2. The molecule has 28 heavy (non-hydrogen) atoms. The SMILES string of the molecule is COC(=O)c1cc(Cc2ccccc2)sc1NC(=S)Nc1ccc(C)c(C)c1. The summed E-state index contributed by atoms with van der Waals surface area (Å²) in [5.41, 5.74) is 4.98. The van der Waals surface area contributed by atoms with E-state index in [0.29, 0.717) is 15.7 Å². The zero-order valence-corrected chi connectivity index (χ0v) is 17.7. The van der Waals surface area contributed by atoms with Crippen molar-refractivity contribution in [3.8, 4) is 0 Å². The third-order valence-electron chi connectivity index (χ3n) is 4.40. The number of nitrogens with one attached hydrogen (secondary N) is 2. The monoisotopic (exact) mass is 410 g/mol. The molecule has 0 aliphatic carbocycles. The second-order valence-electron chi connectivity index (χ2n) is 6.49. The van der Waals surface area contributed by atoms with Crippen LogP contribution >= 0.6 is 23.6 Å². The number of methoxy groups -OCH3 is 1. The van der Waals surface area contributed by atoms with Crippen LogP contribution < -0.4 is 10.6 Å². The molecule has 0 atom stereocenters. The molecule has 0 fully saturated rings. The maximum Gasteiger partial charge on any atom is 0.340 e. The molecule has 1 heterocycles. The second kappa shape index (κ2) is 8.99. The van der Waals surface area contributed by atoms with Crippen LogP contribution in [-0.2, 0) is 11.2 Å². The van der Waals surface area contributed by atoms with Crippen LogP contribution in [0.2, 0.25) is 0 Å². The second-order valence-corrected chi connectivity index (χ2v) is 8.03. The van der Waals surface area contributed by atoms with Crippen molar-refractivity contribution in [2.75, 3.05) is 17.7 Å². The normalized spacial score (nSPS) is 10.4. The van der Waals surface area contributed by atoms with Crippen molar-refractivity contribution in [1.29, 1.82) is 0 Å². The first-order valence-corrected chi connectivity index (χ1v) is 10.1. The van der Waals surface area contributed by atoms with Crippen LogP contribution in [0.4, 0.5) is 10.7 Å². The summed E-state index contributed by atoms with van der Waals surface area (Å²) >= 11 is 6.95. The Balaban J connectivity index is 1.78. The lowest BCUT2D eigenvalue weighted by molar-refractivity contribution is 0.0602. The summed E-state index contributed by atoms with van der Waals surface area (Å²) in [7, 11) is 1.38. The van der Waals surface area contributed by atoms with Crippen LogP contribution in [-0.4, -0.2) is 18.2 Å². The molecule has 3 aromatic rings. The zero-order valence-electron chi connectivity index (χ0n) is 16.0. The minimum atomic E-state index is -0.382. The highest BCUT2D eigenvalue weighted by atomic mass is 32.1. The summed E-state index contributed by atoms with van der Waals surface area (Å²) < 4.78 is 4.93. The highest BCUT2D eigenvalue weighted by Crippen LogP contribution is 2.31. The van der Waals surface area contributed by atoms with Gasteiger partial charge < -0.3 is 15.4 Å². The smallest absolute Gasteiger partial charge is 0.340 e. The molecule has 0 spiro atoms. The molecular weight excluding hydrogens is 388 g/mol. The van der Waals surface area contributed by atoms with Crippen molar-refractivity contribution >= 4 is 45.3 Å². The first-order valence-electron chi connectivity index (χ1n) is 8.86. The summed E-state index contributed by atoms with van der Waals surface area (Å²) in [5, 5.41) is 7.44. The molecule has 0 unspecified atom stereocenters. The van der Waals surface area contributed by atoms with E-state index in [-0.39, 0.29) is 5.97 Å². The standard InChI is InChI=1S/C22H22N2O2S2/c1-14-9-10-17(11-15(14)2)23-22(27)24-20-19(21(25)26-3)13-18(28-20)12-16-7-5-4-6-8-16/h4-11,13H,12H2,1-3H3,(H2,23,24,27). The van der Waals surface area contributed by atoms with Crippen molar-refractivity contribution in [3.05, 3.63) is 81.7 Å². The fourth-order valence-electron chi connectivity index (χ4n) is 2.77. The molecule has 2 N–H and O–H groups in total. The highest BCUT2D eigenvalue weighted by Gasteiger charge is 2.18. The number of thiocarbonyl (C=S) groups is 1. The van der Waals surface area contributed by atoms with Crippen LogP contribution in [0.5, 0.6) is 0 Å². The Morgan fingerprint density at radius 2 is 1.79 bits per heavy atom. The average molecular weight is 411 g/mol. The van der Waals surface area contributed by atoms with Crippen LogP contribution in [0.1, 0.15) is 31.9 Å². The third kappa shape index (κ3) is 4.97. The number of aryl methyl sites for hydroxylation is 2. The van der Waals surface area contributed by atoms with Crippen LogP contribution in [0.25, 0.3) is 0 Å². The molecule has 0 aliphatic rings. The van der Waals surface area contributed by atoms with E-state index in [4.69, 9.17) is 17.0 Å². The summed E-state index contributed by atoms with van der Waals surface area (Å²) in [5.74, 6) is -0.382. The quantitative estimate of drug-likeness (QED) is 0.426. The van der Waals surface area contributed by atoms with Gasteiger partial charge in [0, 0.05) is 17.0 Å². The van der Waals surface area contributed by atoms with Crippen molar-refractivity contribution in [1.82, 2.24) is 0 Å². The molecule has 144 valence electrons. The van der Waals surface area contributed by atoms with Crippen molar-refractivity contribution in [3.63, 3.8) is 0 Å². The number of hydrogen-bond donors (Lipinski definition) is 2. The Bertz CT molecular complexity index is 997. The Morgan fingerprint density at radius 1 is 1.04 bits per heavy atom. The van der Waals surface area contributed by atoms with E-state index in [2.05, 4.69) is 36.6 Å². The molecule has 3 rings (SSSR count). The predicted octanol–water partition coefficient (Wildman–Crippen LogP) is 5.55. The number of ether oxygens (including phenoxy) is 1. The van der Waals surface area contributed by atoms with Gasteiger partial charge in [0.25, 0.3) is 0 Å². The van der Waals surface area contributed by atoms with Crippen LogP contribution in [0.15, 0.2) is 54.6 Å². The van der Waals surface area contributed by atoms with E-state index in [0.717, 1.165) is 17.0 Å². The number of carbonyl (C=O) groups is 1. The lowest BCUT2D eigenvalue weighted by atomic mass is 10.1. The van der Waals surface area contributed by atoms with E-state index < -0.39 is 0 Å². The van der Waals surface area contributed by atoms with Gasteiger partial charge >= 0.3 is 5.97 Å². The Kier molecular flexibility index (Phi) is 6.44. The molecule has 0 bridgehead atoms. The molecule has 0 amide bonds. The van der Waals surface area contributed by atoms with E-state index in [1.807, 2.05) is 42.5 Å². The van der Waals surface area contributed by atoms with Gasteiger partial charge in [0.05, 0.1) is 12.7 Å². The van der Waals surface area contributed by atoms with Gasteiger partial charge in [0.2, 0.25) is 0 Å². The summed E-state index contributed by atoms with van der Waals surface area (Å²) in [6, 6.07) is 18.1. The van der Waals surface area contributed by atoms with Gasteiger partial charge in [-0.15, -0.1) is 11.3 Å². The largest absolute Gasteiger partial charge is 0.465 e. The van der Waals surface area contributed by atoms with Gasteiger partial charge in [-0.05, 0) is 61.0 Å². The molecule has 0 radical (unpaired) electrons. The summed E-state index contributed by atoms with van der Waals surface area (Å²) in [6.07, 6.45) is 0.745. The first kappa shape index (κ1) is 20.0. The van der Waals surface area contributed by atoms with E-state index in [9.17, 15) is 4.79 Å². The minimum absolute atomic E-state index is 0.382. The number of carbonyl (C=O) groups excluding carboxylic acids is 1. The molecule has 0 aliphatic heterocycles. The van der Waals surface area contributed by atoms with Gasteiger partial charge in [-0.2, -0.15) is 0 Å². The number of rotatable bonds is 5. The first-order chi connectivity index (χ1) is 13.5. The summed E-state index contributed by atoms with van der Waals surface area (Å²) in [4.78, 5) is 13.3.